The molecule has 0 aromatic carbocycles. The van der Waals surface area contributed by atoms with Crippen molar-refractivity contribution in [3.8, 4) is 0 Å². The van der Waals surface area contributed by atoms with Crippen LogP contribution in [0.25, 0.3) is 0 Å². The quantitative estimate of drug-likeness (QED) is 0.340. The summed E-state index contributed by atoms with van der Waals surface area (Å²) in [4.78, 5) is 0. The van der Waals surface area contributed by atoms with E-state index in [9.17, 15) is 0 Å². The van der Waals surface area contributed by atoms with Crippen LogP contribution in [0, 0.1) is 0 Å². The molecule has 2 heteroatoms. The van der Waals surface area contributed by atoms with E-state index in [1.54, 1.807) is 0 Å². The Kier molecular flexibility index (Phi) is 9.54. The van der Waals surface area contributed by atoms with Crippen LogP contribution in [0.15, 0.2) is 25.3 Å². The molecule has 0 aromatic heterocycles. The predicted molar refractivity (Wildman–Crippen MR) is 51.5 cm³/mol. The van der Waals surface area contributed by atoms with Crippen molar-refractivity contribution >= 4 is 0 Å². The van der Waals surface area contributed by atoms with Gasteiger partial charge >= 0.3 is 0 Å². The fraction of sp³-hybridized carbons (Fsp3) is 0.600. The molecule has 0 saturated carbocycles. The van der Waals surface area contributed by atoms with Crippen LogP contribution < -0.4 is 24.0 Å². The molecule has 0 N–H and O–H groups in total. The van der Waals surface area contributed by atoms with E-state index in [1.165, 1.54) is 0 Å². The molecule has 12 heavy (non-hydrogen) atoms. The van der Waals surface area contributed by atoms with Gasteiger partial charge in [0.15, 0.2) is 0 Å². The first-order chi connectivity index (χ1) is 5.24. The lowest BCUT2D eigenvalue weighted by Gasteiger charge is -2.34. The molecule has 0 fully saturated rings. The number of hydrogen-bond acceptors (Lipinski definition) is 0. The van der Waals surface area contributed by atoms with Crippen LogP contribution in [0.4, 0.5) is 0 Å². The van der Waals surface area contributed by atoms with E-state index in [1.807, 2.05) is 12.2 Å². The van der Waals surface area contributed by atoms with Gasteiger partial charge in [-0.2, -0.15) is 0 Å². The Labute approximate surface area is 93.8 Å². The maximum atomic E-state index is 3.77. The van der Waals surface area contributed by atoms with Crippen LogP contribution in [0.3, 0.4) is 0 Å². The summed E-state index contributed by atoms with van der Waals surface area (Å²) in [6.45, 7) is 16.4. The molecule has 0 rings (SSSR count). The van der Waals surface area contributed by atoms with E-state index >= 15 is 0 Å². The van der Waals surface area contributed by atoms with E-state index in [-0.39, 0.29) is 24.0 Å². The first kappa shape index (κ1) is 14.7. The average Bonchev–Trinajstić information content (AvgIpc) is 2.04. The number of rotatable bonds is 6. The third kappa shape index (κ3) is 4.26. The molecule has 0 heterocycles. The Morgan fingerprint density at radius 2 is 1.33 bits per heavy atom. The fourth-order valence-electron chi connectivity index (χ4n) is 1.36. The van der Waals surface area contributed by atoms with Gasteiger partial charge in [-0.25, -0.2) is 0 Å². The second kappa shape index (κ2) is 7.80. The van der Waals surface area contributed by atoms with E-state index in [4.69, 9.17) is 0 Å². The minimum Gasteiger partial charge on any atom is -1.00 e. The lowest BCUT2D eigenvalue weighted by atomic mass is 10.3. The minimum atomic E-state index is 0. The molecule has 72 valence electrons. The fourth-order valence-corrected chi connectivity index (χ4v) is 1.36. The van der Waals surface area contributed by atoms with E-state index in [0.717, 1.165) is 30.7 Å². The van der Waals surface area contributed by atoms with Crippen molar-refractivity contribution in [3.63, 3.8) is 0 Å². The zero-order chi connectivity index (χ0) is 8.74. The Hall–Kier alpha value is 0.170. The number of hydrogen-bond donors (Lipinski definition) is 0. The summed E-state index contributed by atoms with van der Waals surface area (Å²) < 4.78 is 1.09. The lowest BCUT2D eigenvalue weighted by Crippen LogP contribution is -3.00. The highest BCUT2D eigenvalue weighted by atomic mass is 127. The molecule has 0 bridgehead atoms. The molecule has 0 amide bonds. The van der Waals surface area contributed by atoms with Gasteiger partial charge < -0.3 is 28.5 Å². The Bertz CT molecular complexity index is 116. The predicted octanol–water partition coefficient (Wildman–Crippen LogP) is -0.781. The highest BCUT2D eigenvalue weighted by molar-refractivity contribution is 4.71. The lowest BCUT2D eigenvalue weighted by molar-refractivity contribution is -0.914. The molecule has 0 atom stereocenters. The summed E-state index contributed by atoms with van der Waals surface area (Å²) in [6, 6.07) is 0. The van der Waals surface area contributed by atoms with E-state index in [2.05, 4.69) is 27.0 Å². The second-order valence-electron chi connectivity index (χ2n) is 2.92. The van der Waals surface area contributed by atoms with Gasteiger partial charge in [0.2, 0.25) is 0 Å². The van der Waals surface area contributed by atoms with Gasteiger partial charge in [0, 0.05) is 0 Å². The van der Waals surface area contributed by atoms with Crippen molar-refractivity contribution in [2.24, 2.45) is 0 Å². The summed E-state index contributed by atoms with van der Waals surface area (Å²) >= 11 is 0. The van der Waals surface area contributed by atoms with Crippen molar-refractivity contribution in [1.82, 2.24) is 0 Å². The molecule has 0 aliphatic carbocycles. The van der Waals surface area contributed by atoms with Crippen LogP contribution in [0.5, 0.6) is 0 Å². The van der Waals surface area contributed by atoms with Crippen molar-refractivity contribution in [2.45, 2.75) is 13.8 Å². The average molecular weight is 281 g/mol. The molecule has 0 unspecified atom stereocenters. The van der Waals surface area contributed by atoms with Gasteiger partial charge in [0.1, 0.15) is 0 Å². The Morgan fingerprint density at radius 3 is 1.50 bits per heavy atom. The Balaban J connectivity index is 0. The maximum Gasteiger partial charge on any atom is 0.0973 e. The number of halogens is 1. The summed E-state index contributed by atoms with van der Waals surface area (Å²) in [5.74, 6) is 0. The van der Waals surface area contributed by atoms with Gasteiger partial charge in [-0.05, 0) is 26.0 Å². The van der Waals surface area contributed by atoms with Crippen molar-refractivity contribution in [1.29, 1.82) is 0 Å². The van der Waals surface area contributed by atoms with Crippen LogP contribution in [0.2, 0.25) is 0 Å². The molecule has 0 radical (unpaired) electrons. The third-order valence-corrected chi connectivity index (χ3v) is 2.37. The van der Waals surface area contributed by atoms with Crippen LogP contribution in [-0.2, 0) is 0 Å². The minimum absolute atomic E-state index is 0. The number of nitrogens with zero attached hydrogens (tertiary/aromatic N) is 1. The summed E-state index contributed by atoms with van der Waals surface area (Å²) in [5, 5.41) is 0. The summed E-state index contributed by atoms with van der Waals surface area (Å²) in [6.07, 6.45) is 3.99. The SMILES string of the molecule is C=CC[N+](CC)(CC)CC=C.[I-]. The number of likely N-dealkylation sites (N-methyl/N-ethyl adjacent to an activating group) is 1. The van der Waals surface area contributed by atoms with Crippen molar-refractivity contribution < 1.29 is 28.5 Å². The molecule has 0 aromatic rings. The monoisotopic (exact) mass is 281 g/mol. The molecule has 0 aliphatic rings. The highest BCUT2D eigenvalue weighted by Crippen LogP contribution is 2.05. The standard InChI is InChI=1S/C10H20N.HI/c1-5-9-11(7-3,8-4)10-6-2;/h5-6H,1-2,7-10H2,3-4H3;1H/q+1;/p-1. The first-order valence-electron chi connectivity index (χ1n) is 4.31. The maximum absolute atomic E-state index is 3.77. The van der Waals surface area contributed by atoms with E-state index < -0.39 is 0 Å². The largest absolute Gasteiger partial charge is 1.00 e. The van der Waals surface area contributed by atoms with Crippen molar-refractivity contribution in [3.05, 3.63) is 25.3 Å². The van der Waals surface area contributed by atoms with Crippen LogP contribution in [0.1, 0.15) is 13.8 Å². The van der Waals surface area contributed by atoms with E-state index in [0.29, 0.717) is 0 Å². The smallest absolute Gasteiger partial charge is 0.0973 e. The Morgan fingerprint density at radius 1 is 1.00 bits per heavy atom. The molecular weight excluding hydrogens is 261 g/mol. The summed E-state index contributed by atoms with van der Waals surface area (Å²) in [7, 11) is 0. The van der Waals surface area contributed by atoms with Gasteiger partial charge in [-0.15, -0.1) is 0 Å². The summed E-state index contributed by atoms with van der Waals surface area (Å²) in [5.41, 5.74) is 0. The highest BCUT2D eigenvalue weighted by Gasteiger charge is 2.18. The van der Waals surface area contributed by atoms with Crippen LogP contribution in [-0.4, -0.2) is 30.7 Å². The number of quaternary nitrogens is 1. The first-order valence-corrected chi connectivity index (χ1v) is 4.31. The topological polar surface area (TPSA) is 0 Å². The molecule has 0 saturated heterocycles. The molecule has 0 aliphatic heterocycles. The van der Waals surface area contributed by atoms with Crippen molar-refractivity contribution in [2.75, 3.05) is 26.2 Å². The molecule has 0 spiro atoms. The second-order valence-corrected chi connectivity index (χ2v) is 2.92. The van der Waals surface area contributed by atoms with Crippen LogP contribution >= 0.6 is 0 Å². The zero-order valence-electron chi connectivity index (χ0n) is 8.22. The van der Waals surface area contributed by atoms with Gasteiger partial charge in [-0.1, -0.05) is 13.2 Å². The zero-order valence-corrected chi connectivity index (χ0v) is 10.4. The third-order valence-electron chi connectivity index (χ3n) is 2.37. The normalized spacial score (nSPS) is 10.2. The molecule has 1 nitrogen and oxygen atoms in total. The van der Waals surface area contributed by atoms with Gasteiger partial charge in [0.05, 0.1) is 26.2 Å². The van der Waals surface area contributed by atoms with Gasteiger partial charge in [-0.3, -0.25) is 0 Å². The molecular formula is C10H20IN. The van der Waals surface area contributed by atoms with Gasteiger partial charge in [0.25, 0.3) is 0 Å².